The van der Waals surface area contributed by atoms with Crippen LogP contribution < -0.4 is 0 Å². The van der Waals surface area contributed by atoms with Crippen molar-refractivity contribution in [3.05, 3.63) is 0 Å². The van der Waals surface area contributed by atoms with Crippen molar-refractivity contribution in [1.29, 1.82) is 0 Å². The van der Waals surface area contributed by atoms with E-state index >= 15 is 0 Å². The molecule has 0 aromatic carbocycles. The number of methoxy groups -OCH3 is 2. The van der Waals surface area contributed by atoms with Gasteiger partial charge in [-0.1, -0.05) is 52.4 Å². The SMILES string of the molecule is COCC(CCC1C(C)CCCC1C)(COC)C1CCCCC1. The number of hydrogen-bond acceptors (Lipinski definition) is 2. The van der Waals surface area contributed by atoms with Crippen molar-refractivity contribution in [3.63, 3.8) is 0 Å². The van der Waals surface area contributed by atoms with Crippen LogP contribution in [0.25, 0.3) is 0 Å². The van der Waals surface area contributed by atoms with Crippen molar-refractivity contribution in [2.45, 2.75) is 78.1 Å². The van der Waals surface area contributed by atoms with Gasteiger partial charge in [-0.25, -0.2) is 0 Å². The average molecular weight is 325 g/mol. The van der Waals surface area contributed by atoms with Gasteiger partial charge in [-0.3, -0.25) is 0 Å². The number of rotatable bonds is 8. The molecule has 0 spiro atoms. The molecule has 0 aromatic rings. The smallest absolute Gasteiger partial charge is 0.0543 e. The molecule has 23 heavy (non-hydrogen) atoms. The second-order valence-electron chi connectivity index (χ2n) is 8.65. The molecule has 0 amide bonds. The predicted octanol–water partition coefficient (Wildman–Crippen LogP) is 5.70. The third-order valence-electron chi connectivity index (χ3n) is 7.09. The molecule has 0 saturated heterocycles. The second-order valence-corrected chi connectivity index (χ2v) is 8.65. The summed E-state index contributed by atoms with van der Waals surface area (Å²) in [5.41, 5.74) is 0.251. The highest BCUT2D eigenvalue weighted by Crippen LogP contribution is 2.46. The quantitative estimate of drug-likeness (QED) is 0.570. The van der Waals surface area contributed by atoms with Crippen molar-refractivity contribution in [2.24, 2.45) is 29.1 Å². The van der Waals surface area contributed by atoms with Crippen LogP contribution in [0.3, 0.4) is 0 Å². The number of hydrogen-bond donors (Lipinski definition) is 0. The summed E-state index contributed by atoms with van der Waals surface area (Å²) in [5.74, 6) is 3.49. The maximum Gasteiger partial charge on any atom is 0.0543 e. The third-order valence-corrected chi connectivity index (χ3v) is 7.09. The molecule has 0 heterocycles. The van der Waals surface area contributed by atoms with Crippen molar-refractivity contribution < 1.29 is 9.47 Å². The van der Waals surface area contributed by atoms with Crippen LogP contribution in [0.5, 0.6) is 0 Å². The molecule has 0 aromatic heterocycles. The molecule has 0 bridgehead atoms. The lowest BCUT2D eigenvalue weighted by atomic mass is 9.64. The zero-order valence-electron chi connectivity index (χ0n) is 16.1. The van der Waals surface area contributed by atoms with E-state index in [1.807, 2.05) is 14.2 Å². The van der Waals surface area contributed by atoms with Crippen molar-refractivity contribution >= 4 is 0 Å². The van der Waals surface area contributed by atoms with Gasteiger partial charge in [0.2, 0.25) is 0 Å². The zero-order valence-corrected chi connectivity index (χ0v) is 16.1. The standard InChI is InChI=1S/C21H40O2/c1-17-9-8-10-18(2)20(17)13-14-21(15-22-3,16-23-4)19-11-6-5-7-12-19/h17-20H,5-16H2,1-4H3. The van der Waals surface area contributed by atoms with E-state index in [0.29, 0.717) is 0 Å². The lowest BCUT2D eigenvalue weighted by molar-refractivity contribution is -0.0532. The van der Waals surface area contributed by atoms with Gasteiger partial charge in [0.15, 0.2) is 0 Å². The van der Waals surface area contributed by atoms with Gasteiger partial charge in [-0.05, 0) is 49.4 Å². The van der Waals surface area contributed by atoms with Crippen LogP contribution in [0.1, 0.15) is 78.1 Å². The first kappa shape index (κ1) is 19.2. The fraction of sp³-hybridized carbons (Fsp3) is 1.00. The predicted molar refractivity (Wildman–Crippen MR) is 97.7 cm³/mol. The van der Waals surface area contributed by atoms with Crippen molar-refractivity contribution in [2.75, 3.05) is 27.4 Å². The molecule has 2 rings (SSSR count). The van der Waals surface area contributed by atoms with E-state index in [4.69, 9.17) is 9.47 Å². The Hall–Kier alpha value is -0.0800. The van der Waals surface area contributed by atoms with Gasteiger partial charge < -0.3 is 9.47 Å². The molecule has 2 nitrogen and oxygen atoms in total. The lowest BCUT2D eigenvalue weighted by Gasteiger charge is -2.44. The zero-order chi connectivity index (χ0) is 16.7. The first-order valence-electron chi connectivity index (χ1n) is 10.1. The summed E-state index contributed by atoms with van der Waals surface area (Å²) >= 11 is 0. The van der Waals surface area contributed by atoms with Crippen molar-refractivity contribution in [1.82, 2.24) is 0 Å². The maximum atomic E-state index is 5.73. The third kappa shape index (κ3) is 4.95. The molecule has 0 N–H and O–H groups in total. The fourth-order valence-electron chi connectivity index (χ4n) is 5.69. The molecular formula is C21H40O2. The highest BCUT2D eigenvalue weighted by atomic mass is 16.5. The van der Waals surface area contributed by atoms with Crippen LogP contribution in [0.4, 0.5) is 0 Å². The van der Waals surface area contributed by atoms with Crippen LogP contribution in [0, 0.1) is 29.1 Å². The van der Waals surface area contributed by atoms with Crippen LogP contribution >= 0.6 is 0 Å². The van der Waals surface area contributed by atoms with Crippen molar-refractivity contribution in [3.8, 4) is 0 Å². The summed E-state index contributed by atoms with van der Waals surface area (Å²) in [6.07, 6.45) is 13.9. The van der Waals surface area contributed by atoms with E-state index in [2.05, 4.69) is 13.8 Å². The normalized spacial score (nSPS) is 30.5. The van der Waals surface area contributed by atoms with E-state index in [0.717, 1.165) is 36.9 Å². The van der Waals surface area contributed by atoms with E-state index in [-0.39, 0.29) is 5.41 Å². The molecule has 2 saturated carbocycles. The second kappa shape index (κ2) is 9.42. The highest BCUT2D eigenvalue weighted by molar-refractivity contribution is 4.90. The van der Waals surface area contributed by atoms with Crippen LogP contribution in [-0.2, 0) is 9.47 Å². The Morgan fingerprint density at radius 1 is 0.783 bits per heavy atom. The maximum absolute atomic E-state index is 5.73. The Kier molecular flexibility index (Phi) is 7.88. The minimum absolute atomic E-state index is 0.251. The summed E-state index contributed by atoms with van der Waals surface area (Å²) in [7, 11) is 3.75. The van der Waals surface area contributed by atoms with Gasteiger partial charge >= 0.3 is 0 Å². The van der Waals surface area contributed by atoms with E-state index in [9.17, 15) is 0 Å². The average Bonchev–Trinajstić information content (AvgIpc) is 2.55. The Labute approximate surface area is 144 Å². The van der Waals surface area contributed by atoms with Crippen LogP contribution in [-0.4, -0.2) is 27.4 Å². The molecule has 2 aliphatic carbocycles. The first-order chi connectivity index (χ1) is 11.1. The lowest BCUT2D eigenvalue weighted by Crippen LogP contribution is -2.41. The molecule has 136 valence electrons. The highest BCUT2D eigenvalue weighted by Gasteiger charge is 2.40. The molecule has 2 aliphatic rings. The first-order valence-corrected chi connectivity index (χ1v) is 10.1. The monoisotopic (exact) mass is 324 g/mol. The Morgan fingerprint density at radius 3 is 1.87 bits per heavy atom. The Balaban J connectivity index is 2.05. The fourth-order valence-corrected chi connectivity index (χ4v) is 5.69. The van der Waals surface area contributed by atoms with Gasteiger partial charge in [0.05, 0.1) is 13.2 Å². The topological polar surface area (TPSA) is 18.5 Å². The summed E-state index contributed by atoms with van der Waals surface area (Å²) < 4.78 is 11.5. The van der Waals surface area contributed by atoms with Gasteiger partial charge in [-0.15, -0.1) is 0 Å². The Morgan fingerprint density at radius 2 is 1.35 bits per heavy atom. The van der Waals surface area contributed by atoms with Crippen LogP contribution in [0.2, 0.25) is 0 Å². The Bertz CT molecular complexity index is 306. The summed E-state index contributed by atoms with van der Waals surface area (Å²) in [5, 5.41) is 0. The van der Waals surface area contributed by atoms with Gasteiger partial charge in [0, 0.05) is 19.6 Å². The molecule has 2 fully saturated rings. The van der Waals surface area contributed by atoms with Crippen LogP contribution in [0.15, 0.2) is 0 Å². The summed E-state index contributed by atoms with van der Waals surface area (Å²) in [4.78, 5) is 0. The molecule has 0 aliphatic heterocycles. The summed E-state index contributed by atoms with van der Waals surface area (Å²) in [6, 6.07) is 0. The van der Waals surface area contributed by atoms with Gasteiger partial charge in [-0.2, -0.15) is 0 Å². The molecule has 2 atom stereocenters. The summed E-state index contributed by atoms with van der Waals surface area (Å²) in [6.45, 7) is 6.71. The minimum Gasteiger partial charge on any atom is -0.384 e. The molecule has 0 radical (unpaired) electrons. The van der Waals surface area contributed by atoms with E-state index in [1.165, 1.54) is 64.2 Å². The molecule has 2 unspecified atom stereocenters. The molecule has 2 heteroatoms. The van der Waals surface area contributed by atoms with Gasteiger partial charge in [0.1, 0.15) is 0 Å². The van der Waals surface area contributed by atoms with Gasteiger partial charge in [0.25, 0.3) is 0 Å². The largest absolute Gasteiger partial charge is 0.384 e. The van der Waals surface area contributed by atoms with E-state index in [1.54, 1.807) is 0 Å². The molecular weight excluding hydrogens is 284 g/mol. The number of ether oxygens (including phenoxy) is 2. The minimum atomic E-state index is 0.251. The van der Waals surface area contributed by atoms with E-state index < -0.39 is 0 Å².